The Morgan fingerprint density at radius 3 is 2.73 bits per heavy atom. The Labute approximate surface area is 92.5 Å². The van der Waals surface area contributed by atoms with Crippen LogP contribution in [0.1, 0.15) is 22.4 Å². The zero-order valence-corrected chi connectivity index (χ0v) is 9.24. The molecule has 0 radical (unpaired) electrons. The van der Waals surface area contributed by atoms with E-state index in [-0.39, 0.29) is 0 Å². The highest BCUT2D eigenvalue weighted by molar-refractivity contribution is 7.09. The Kier molecular flexibility index (Phi) is 3.08. The smallest absolute Gasteiger partial charge is 0.0897 e. The number of aryl methyl sites for hydroxylation is 1. The minimum absolute atomic E-state index is 0.491. The Balaban J connectivity index is 2.07. The lowest BCUT2D eigenvalue weighted by Gasteiger charge is -2.08. The van der Waals surface area contributed by atoms with E-state index in [0.29, 0.717) is 6.42 Å². The summed E-state index contributed by atoms with van der Waals surface area (Å²) in [4.78, 5) is 8.23. The second kappa shape index (κ2) is 4.51. The van der Waals surface area contributed by atoms with E-state index < -0.39 is 6.10 Å². The fourth-order valence-electron chi connectivity index (χ4n) is 1.40. The lowest BCUT2D eigenvalue weighted by atomic mass is 10.1. The molecule has 4 heteroatoms. The number of thiazole rings is 1. The van der Waals surface area contributed by atoms with E-state index in [1.165, 1.54) is 0 Å². The third kappa shape index (κ3) is 2.61. The van der Waals surface area contributed by atoms with Crippen LogP contribution < -0.4 is 0 Å². The van der Waals surface area contributed by atoms with E-state index in [4.69, 9.17) is 0 Å². The summed E-state index contributed by atoms with van der Waals surface area (Å²) in [7, 11) is 0. The minimum Gasteiger partial charge on any atom is -0.388 e. The second-order valence-electron chi connectivity index (χ2n) is 3.36. The van der Waals surface area contributed by atoms with Crippen LogP contribution in [0.4, 0.5) is 0 Å². The van der Waals surface area contributed by atoms with E-state index in [2.05, 4.69) is 9.97 Å². The lowest BCUT2D eigenvalue weighted by molar-refractivity contribution is 0.177. The largest absolute Gasteiger partial charge is 0.388 e. The summed E-state index contributed by atoms with van der Waals surface area (Å²) in [5.74, 6) is 0. The molecule has 0 bridgehead atoms. The molecular formula is C11H12N2OS. The molecule has 0 saturated heterocycles. The summed E-state index contributed by atoms with van der Waals surface area (Å²) in [6, 6.07) is 3.65. The Morgan fingerprint density at radius 2 is 2.13 bits per heavy atom. The minimum atomic E-state index is -0.491. The molecule has 0 aromatic carbocycles. The van der Waals surface area contributed by atoms with Crippen molar-refractivity contribution in [1.82, 2.24) is 9.97 Å². The molecule has 1 unspecified atom stereocenters. The van der Waals surface area contributed by atoms with Crippen LogP contribution in [0, 0.1) is 6.92 Å². The first kappa shape index (κ1) is 10.3. The molecule has 0 saturated carbocycles. The number of aliphatic hydroxyl groups is 1. The van der Waals surface area contributed by atoms with Gasteiger partial charge in [-0.3, -0.25) is 4.98 Å². The van der Waals surface area contributed by atoms with Crippen LogP contribution in [-0.4, -0.2) is 15.1 Å². The molecule has 0 amide bonds. The maximum atomic E-state index is 9.92. The van der Waals surface area contributed by atoms with Crippen LogP contribution in [0.3, 0.4) is 0 Å². The van der Waals surface area contributed by atoms with Gasteiger partial charge in [-0.15, -0.1) is 11.3 Å². The third-order valence-electron chi connectivity index (χ3n) is 2.16. The van der Waals surface area contributed by atoms with Crippen LogP contribution >= 0.6 is 11.3 Å². The van der Waals surface area contributed by atoms with E-state index in [1.54, 1.807) is 23.7 Å². The van der Waals surface area contributed by atoms with Crippen molar-refractivity contribution >= 4 is 11.3 Å². The average molecular weight is 220 g/mol. The van der Waals surface area contributed by atoms with Gasteiger partial charge < -0.3 is 5.11 Å². The number of hydrogen-bond donors (Lipinski definition) is 1. The van der Waals surface area contributed by atoms with Gasteiger partial charge in [0, 0.05) is 24.2 Å². The zero-order valence-electron chi connectivity index (χ0n) is 8.42. The summed E-state index contributed by atoms with van der Waals surface area (Å²) in [6.07, 6.45) is 3.44. The summed E-state index contributed by atoms with van der Waals surface area (Å²) in [5.41, 5.74) is 1.83. The number of aliphatic hydroxyl groups excluding tert-OH is 1. The molecule has 2 rings (SSSR count). The SMILES string of the molecule is Cc1nc(CC(O)c2ccncc2)cs1. The van der Waals surface area contributed by atoms with E-state index in [9.17, 15) is 5.11 Å². The number of rotatable bonds is 3. The summed E-state index contributed by atoms with van der Waals surface area (Å²) >= 11 is 1.61. The second-order valence-corrected chi connectivity index (χ2v) is 4.42. The van der Waals surface area contributed by atoms with Crippen molar-refractivity contribution < 1.29 is 5.11 Å². The fourth-order valence-corrected chi connectivity index (χ4v) is 2.03. The molecule has 0 aliphatic rings. The number of pyridine rings is 1. The van der Waals surface area contributed by atoms with Crippen LogP contribution in [0.15, 0.2) is 29.9 Å². The molecule has 3 nitrogen and oxygen atoms in total. The van der Waals surface area contributed by atoms with Gasteiger partial charge in [-0.25, -0.2) is 4.98 Å². The standard InChI is InChI=1S/C11H12N2OS/c1-8-13-10(7-15-8)6-11(14)9-2-4-12-5-3-9/h2-5,7,11,14H,6H2,1H3. The van der Waals surface area contributed by atoms with Crippen molar-refractivity contribution in [2.45, 2.75) is 19.4 Å². The maximum Gasteiger partial charge on any atom is 0.0897 e. The van der Waals surface area contributed by atoms with Crippen LogP contribution in [0.2, 0.25) is 0 Å². The molecule has 78 valence electrons. The highest BCUT2D eigenvalue weighted by atomic mass is 32.1. The molecule has 2 aromatic rings. The van der Waals surface area contributed by atoms with Gasteiger partial charge in [0.1, 0.15) is 0 Å². The molecule has 1 atom stereocenters. The summed E-state index contributed by atoms with van der Waals surface area (Å²) in [6.45, 7) is 1.97. The predicted molar refractivity (Wildman–Crippen MR) is 59.8 cm³/mol. The van der Waals surface area contributed by atoms with Gasteiger partial charge in [0.05, 0.1) is 16.8 Å². The van der Waals surface area contributed by atoms with E-state index >= 15 is 0 Å². The Morgan fingerprint density at radius 1 is 1.40 bits per heavy atom. The van der Waals surface area contributed by atoms with Gasteiger partial charge in [-0.2, -0.15) is 0 Å². The van der Waals surface area contributed by atoms with Crippen LogP contribution in [-0.2, 0) is 6.42 Å². The normalized spacial score (nSPS) is 12.7. The maximum absolute atomic E-state index is 9.92. The highest BCUT2D eigenvalue weighted by Crippen LogP contribution is 2.18. The van der Waals surface area contributed by atoms with E-state index in [1.807, 2.05) is 24.4 Å². The van der Waals surface area contributed by atoms with E-state index in [0.717, 1.165) is 16.3 Å². The third-order valence-corrected chi connectivity index (χ3v) is 2.98. The molecule has 0 fully saturated rings. The molecule has 0 spiro atoms. The zero-order chi connectivity index (χ0) is 10.7. The molecule has 15 heavy (non-hydrogen) atoms. The molecular weight excluding hydrogens is 208 g/mol. The van der Waals surface area contributed by atoms with Gasteiger partial charge in [-0.05, 0) is 24.6 Å². The highest BCUT2D eigenvalue weighted by Gasteiger charge is 2.09. The van der Waals surface area contributed by atoms with Crippen LogP contribution in [0.25, 0.3) is 0 Å². The van der Waals surface area contributed by atoms with Gasteiger partial charge in [0.15, 0.2) is 0 Å². The van der Waals surface area contributed by atoms with Gasteiger partial charge >= 0.3 is 0 Å². The van der Waals surface area contributed by atoms with Crippen molar-refractivity contribution in [3.63, 3.8) is 0 Å². The van der Waals surface area contributed by atoms with Gasteiger partial charge in [0.2, 0.25) is 0 Å². The molecule has 2 aromatic heterocycles. The number of hydrogen-bond acceptors (Lipinski definition) is 4. The molecule has 0 aliphatic carbocycles. The molecule has 1 N–H and O–H groups in total. The van der Waals surface area contributed by atoms with Gasteiger partial charge in [-0.1, -0.05) is 0 Å². The van der Waals surface area contributed by atoms with Crippen molar-refractivity contribution in [1.29, 1.82) is 0 Å². The van der Waals surface area contributed by atoms with Crippen molar-refractivity contribution in [2.24, 2.45) is 0 Å². The van der Waals surface area contributed by atoms with Crippen LogP contribution in [0.5, 0.6) is 0 Å². The predicted octanol–water partition coefficient (Wildman–Crippen LogP) is 2.12. The summed E-state index contributed by atoms with van der Waals surface area (Å²) < 4.78 is 0. The fraction of sp³-hybridized carbons (Fsp3) is 0.273. The first-order valence-electron chi connectivity index (χ1n) is 4.74. The Hall–Kier alpha value is -1.26. The lowest BCUT2D eigenvalue weighted by Crippen LogP contribution is -2.02. The monoisotopic (exact) mass is 220 g/mol. The first-order chi connectivity index (χ1) is 7.25. The molecule has 2 heterocycles. The quantitative estimate of drug-likeness (QED) is 0.861. The first-order valence-corrected chi connectivity index (χ1v) is 5.62. The Bertz CT molecular complexity index is 427. The van der Waals surface area contributed by atoms with Crippen molar-refractivity contribution in [2.75, 3.05) is 0 Å². The average Bonchev–Trinajstić information content (AvgIpc) is 2.65. The molecule has 0 aliphatic heterocycles. The van der Waals surface area contributed by atoms with Crippen molar-refractivity contribution in [3.05, 3.63) is 46.2 Å². The number of aromatic nitrogens is 2. The number of nitrogens with zero attached hydrogens (tertiary/aromatic N) is 2. The topological polar surface area (TPSA) is 46.0 Å². The summed E-state index contributed by atoms with van der Waals surface area (Å²) in [5, 5.41) is 12.9. The van der Waals surface area contributed by atoms with Gasteiger partial charge in [0.25, 0.3) is 0 Å². The van der Waals surface area contributed by atoms with Crippen molar-refractivity contribution in [3.8, 4) is 0 Å².